The van der Waals surface area contributed by atoms with Gasteiger partial charge in [0.05, 0.1) is 27.4 Å². The molecule has 4 nitrogen and oxygen atoms in total. The minimum absolute atomic E-state index is 0.381. The molecule has 0 heterocycles. The Hall–Kier alpha value is -0.310. The molecule has 0 aromatic carbocycles. The van der Waals surface area contributed by atoms with Gasteiger partial charge in [0, 0.05) is 6.42 Å². The van der Waals surface area contributed by atoms with Crippen LogP contribution in [0.5, 0.6) is 0 Å². The lowest BCUT2D eigenvalue weighted by Crippen LogP contribution is -2.44. The molecule has 0 amide bonds. The fourth-order valence-corrected chi connectivity index (χ4v) is 5.83. The van der Waals surface area contributed by atoms with Gasteiger partial charge in [-0.2, -0.15) is 0 Å². The number of hydrogen-bond donors (Lipinski definition) is 1. The minimum Gasteiger partial charge on any atom is -0.429 e. The Kier molecular flexibility index (Phi) is 18.1. The highest BCUT2D eigenvalue weighted by atomic mass is 31.2. The molecule has 0 spiro atoms. The molecule has 0 bridgehead atoms. The normalized spacial score (nSPS) is 15.4. The van der Waals surface area contributed by atoms with Crippen LogP contribution >= 0.6 is 7.60 Å². The van der Waals surface area contributed by atoms with Gasteiger partial charge in [-0.05, 0) is 25.3 Å². The third-order valence-electron chi connectivity index (χ3n) is 5.85. The summed E-state index contributed by atoms with van der Waals surface area (Å²) >= 11 is 0. The molecule has 0 aromatic rings. The number of hydrogen-bond acceptors (Lipinski definition) is 2. The zero-order valence-electron chi connectivity index (χ0n) is 20.9. The second kappa shape index (κ2) is 18.3. The highest BCUT2D eigenvalue weighted by Gasteiger charge is 2.42. The van der Waals surface area contributed by atoms with Gasteiger partial charge in [-0.15, -0.1) is 0 Å². The third kappa shape index (κ3) is 16.4. The van der Waals surface area contributed by atoms with Crippen molar-refractivity contribution in [2.75, 3.05) is 21.1 Å². The van der Waals surface area contributed by atoms with E-state index in [0.717, 1.165) is 19.3 Å². The van der Waals surface area contributed by atoms with E-state index < -0.39 is 7.60 Å². The Labute approximate surface area is 188 Å². The minimum atomic E-state index is -3.65. The Morgan fingerprint density at radius 1 is 0.767 bits per heavy atom. The van der Waals surface area contributed by atoms with Crippen LogP contribution in [0.2, 0.25) is 0 Å². The van der Waals surface area contributed by atoms with Gasteiger partial charge in [0.1, 0.15) is 0 Å². The third-order valence-corrected chi connectivity index (χ3v) is 7.98. The molecule has 2 unspecified atom stereocenters. The maximum atomic E-state index is 12.6. The molecule has 180 valence electrons. The standard InChI is InChI=1S/C25H52NO3P/c1-6-8-9-10-11-12-13-14-15-16-17-18-19-20-21-22-24-29-30(27,28)25(23-7-2)26(3,4)5/h22,24-25H,6-21,23H2,1-5H3/p+1. The van der Waals surface area contributed by atoms with Crippen LogP contribution in [0.4, 0.5) is 0 Å². The van der Waals surface area contributed by atoms with E-state index in [1.807, 2.05) is 34.1 Å². The quantitative estimate of drug-likeness (QED) is 0.0833. The fourth-order valence-electron chi connectivity index (χ4n) is 3.97. The second-order valence-electron chi connectivity index (χ2n) is 9.81. The summed E-state index contributed by atoms with van der Waals surface area (Å²) < 4.78 is 18.3. The van der Waals surface area contributed by atoms with Crippen molar-refractivity contribution < 1.29 is 18.5 Å². The molecule has 0 aliphatic rings. The first-order chi connectivity index (χ1) is 14.3. The van der Waals surface area contributed by atoms with E-state index in [1.54, 1.807) is 0 Å². The molecule has 0 rings (SSSR count). The van der Waals surface area contributed by atoms with Crippen molar-refractivity contribution in [3.63, 3.8) is 0 Å². The number of allylic oxidation sites excluding steroid dienone is 1. The van der Waals surface area contributed by atoms with E-state index >= 15 is 0 Å². The van der Waals surface area contributed by atoms with Crippen molar-refractivity contribution in [1.29, 1.82) is 0 Å². The van der Waals surface area contributed by atoms with E-state index in [1.165, 1.54) is 89.7 Å². The molecule has 2 atom stereocenters. The molecule has 0 aliphatic carbocycles. The van der Waals surface area contributed by atoms with Gasteiger partial charge in [-0.25, -0.2) is 4.57 Å². The average molecular weight is 447 g/mol. The monoisotopic (exact) mass is 446 g/mol. The first kappa shape index (κ1) is 29.7. The van der Waals surface area contributed by atoms with Gasteiger partial charge in [0.25, 0.3) is 0 Å². The van der Waals surface area contributed by atoms with Crippen molar-refractivity contribution in [3.05, 3.63) is 12.3 Å². The van der Waals surface area contributed by atoms with Crippen LogP contribution in [-0.2, 0) is 9.09 Å². The van der Waals surface area contributed by atoms with Gasteiger partial charge < -0.3 is 13.9 Å². The van der Waals surface area contributed by atoms with Crippen molar-refractivity contribution in [2.24, 2.45) is 0 Å². The summed E-state index contributed by atoms with van der Waals surface area (Å²) in [5.41, 5.74) is 0. The Balaban J connectivity index is 3.64. The van der Waals surface area contributed by atoms with Crippen LogP contribution in [0.3, 0.4) is 0 Å². The predicted octanol–water partition coefficient (Wildman–Crippen LogP) is 8.41. The summed E-state index contributed by atoms with van der Waals surface area (Å²) in [6, 6.07) is 0. The van der Waals surface area contributed by atoms with E-state index in [0.29, 0.717) is 10.9 Å². The van der Waals surface area contributed by atoms with Crippen LogP contribution in [0.1, 0.15) is 123 Å². The van der Waals surface area contributed by atoms with Crippen LogP contribution < -0.4 is 0 Å². The van der Waals surface area contributed by atoms with Crippen LogP contribution in [0.15, 0.2) is 12.3 Å². The Morgan fingerprint density at radius 2 is 1.20 bits per heavy atom. The maximum Gasteiger partial charge on any atom is 0.433 e. The molecule has 5 heteroatoms. The van der Waals surface area contributed by atoms with Crippen molar-refractivity contribution in [2.45, 2.75) is 129 Å². The van der Waals surface area contributed by atoms with Gasteiger partial charge in [-0.1, -0.05) is 97.3 Å². The van der Waals surface area contributed by atoms with Gasteiger partial charge >= 0.3 is 7.60 Å². The molecular formula is C25H53NO3P+. The lowest BCUT2D eigenvalue weighted by molar-refractivity contribution is -0.883. The van der Waals surface area contributed by atoms with Crippen LogP contribution in [0, 0.1) is 0 Å². The lowest BCUT2D eigenvalue weighted by Gasteiger charge is -2.35. The maximum absolute atomic E-state index is 12.6. The summed E-state index contributed by atoms with van der Waals surface area (Å²) in [5.74, 6) is -0.381. The summed E-state index contributed by atoms with van der Waals surface area (Å²) in [5, 5.41) is 0. The molecule has 0 aliphatic heterocycles. The van der Waals surface area contributed by atoms with Gasteiger partial charge in [0.2, 0.25) is 5.78 Å². The Morgan fingerprint density at radius 3 is 1.60 bits per heavy atom. The lowest BCUT2D eigenvalue weighted by atomic mass is 10.0. The molecule has 0 saturated heterocycles. The molecule has 0 saturated carbocycles. The zero-order valence-corrected chi connectivity index (χ0v) is 21.8. The smallest absolute Gasteiger partial charge is 0.429 e. The second-order valence-corrected chi connectivity index (χ2v) is 11.7. The molecule has 1 N–H and O–H groups in total. The van der Waals surface area contributed by atoms with E-state index in [2.05, 4.69) is 6.92 Å². The molecule has 30 heavy (non-hydrogen) atoms. The largest absolute Gasteiger partial charge is 0.433 e. The van der Waals surface area contributed by atoms with Gasteiger partial charge in [0.15, 0.2) is 0 Å². The van der Waals surface area contributed by atoms with Crippen molar-refractivity contribution in [3.8, 4) is 0 Å². The summed E-state index contributed by atoms with van der Waals surface area (Å²) in [4.78, 5) is 10.3. The van der Waals surface area contributed by atoms with Crippen molar-refractivity contribution >= 4 is 7.60 Å². The molecule has 0 aromatic heterocycles. The SMILES string of the molecule is CCCCCCCCCCCCCCCCC=COP(=O)(O)C(CCC)[N+](C)(C)C. The summed E-state index contributed by atoms with van der Waals surface area (Å²) in [7, 11) is 2.20. The predicted molar refractivity (Wildman–Crippen MR) is 132 cm³/mol. The van der Waals surface area contributed by atoms with Crippen LogP contribution in [0.25, 0.3) is 0 Å². The highest BCUT2D eigenvalue weighted by molar-refractivity contribution is 7.53. The average Bonchev–Trinajstić information content (AvgIpc) is 2.67. The highest BCUT2D eigenvalue weighted by Crippen LogP contribution is 2.52. The number of quaternary nitrogens is 1. The molecule has 0 fully saturated rings. The number of nitrogens with zero attached hydrogens (tertiary/aromatic N) is 1. The Bertz CT molecular complexity index is 460. The topological polar surface area (TPSA) is 46.5 Å². The first-order valence-corrected chi connectivity index (χ1v) is 14.4. The van der Waals surface area contributed by atoms with E-state index in [9.17, 15) is 9.46 Å². The van der Waals surface area contributed by atoms with E-state index in [-0.39, 0.29) is 5.78 Å². The fraction of sp³-hybridized carbons (Fsp3) is 0.920. The molecular weight excluding hydrogens is 393 g/mol. The molecule has 0 radical (unpaired) electrons. The van der Waals surface area contributed by atoms with Crippen molar-refractivity contribution in [1.82, 2.24) is 0 Å². The van der Waals surface area contributed by atoms with Crippen LogP contribution in [-0.4, -0.2) is 36.3 Å². The van der Waals surface area contributed by atoms with E-state index in [4.69, 9.17) is 4.52 Å². The van der Waals surface area contributed by atoms with Gasteiger partial charge in [-0.3, -0.25) is 0 Å². The number of rotatable bonds is 21. The summed E-state index contributed by atoms with van der Waals surface area (Å²) in [6.45, 7) is 4.31. The number of unbranched alkanes of at least 4 members (excludes halogenated alkanes) is 14. The first-order valence-electron chi connectivity index (χ1n) is 12.7. The summed E-state index contributed by atoms with van der Waals surface area (Å²) in [6.07, 6.45) is 24.9. The zero-order chi connectivity index (χ0) is 22.7.